The molecule has 14 heteroatoms. The molecule has 0 heterocycles. The molecule has 5 N–H and O–H groups in total. The van der Waals surface area contributed by atoms with E-state index in [0.717, 1.165) is 12.2 Å². The minimum absolute atomic E-state index is 0. The number of isocyanates is 2. The van der Waals surface area contributed by atoms with Gasteiger partial charge in [-0.2, -0.15) is 0 Å². The molecule has 0 fully saturated rings. The normalized spacial score (nSPS) is 6.61. The zero-order valence-electron chi connectivity index (χ0n) is 9.59. The van der Waals surface area contributed by atoms with Crippen molar-refractivity contribution >= 4 is 32.1 Å². The predicted octanol–water partition coefficient (Wildman–Crippen LogP) is -2.90. The summed E-state index contributed by atoms with van der Waals surface area (Å²) in [4.78, 5) is 41.6. The average Bonchev–Trinajstić information content (AvgIpc) is 2.03. The summed E-state index contributed by atoms with van der Waals surface area (Å²) in [5, 5.41) is 25.6. The van der Waals surface area contributed by atoms with Crippen LogP contribution in [0, 0.1) is 10.8 Å². The van der Waals surface area contributed by atoms with Crippen LogP contribution in [0.4, 0.5) is 8.39 Å². The van der Waals surface area contributed by atoms with Crippen molar-refractivity contribution < 1.29 is 67.5 Å². The van der Waals surface area contributed by atoms with Gasteiger partial charge in [0.15, 0.2) is 0 Å². The van der Waals surface area contributed by atoms with Crippen LogP contribution in [-0.2, 0) is 23.7 Å². The number of carboxylic acids is 2. The minimum atomic E-state index is -5.64. The van der Waals surface area contributed by atoms with E-state index in [1.54, 1.807) is 0 Å². The van der Waals surface area contributed by atoms with Crippen molar-refractivity contribution in [1.29, 1.82) is 10.8 Å². The monoisotopic (exact) mass is 286 g/mol. The Balaban J connectivity index is -0.0000000299. The van der Waals surface area contributed by atoms with Crippen LogP contribution >= 0.6 is 7.99 Å². The first-order chi connectivity index (χ1) is 7.47. The number of carboxylic acid groups (broad SMARTS) is 2. The van der Waals surface area contributed by atoms with Crippen LogP contribution in [-0.4, -0.2) is 39.2 Å². The third kappa shape index (κ3) is 464. The number of nitrogens with one attached hydrogen (secondary N) is 2. The van der Waals surface area contributed by atoms with Crippen molar-refractivity contribution in [2.45, 2.75) is 0 Å². The second-order valence-electron chi connectivity index (χ2n) is 1.25. The van der Waals surface area contributed by atoms with E-state index in [9.17, 15) is 8.39 Å². The van der Waals surface area contributed by atoms with E-state index >= 15 is 0 Å². The van der Waals surface area contributed by atoms with Gasteiger partial charge >= 0.3 is 38.8 Å². The molecule has 0 rings (SSSR count). The van der Waals surface area contributed by atoms with Crippen molar-refractivity contribution in [2.24, 2.45) is 0 Å². The second kappa shape index (κ2) is 20.7. The third-order valence-electron chi connectivity index (χ3n) is 0.183. The first-order valence-electron chi connectivity index (χ1n) is 2.73. The summed E-state index contributed by atoms with van der Waals surface area (Å²) in [6.45, 7) is 0. The van der Waals surface area contributed by atoms with Crippen LogP contribution in [0.3, 0.4) is 0 Å². The van der Waals surface area contributed by atoms with E-state index in [0.29, 0.717) is 0 Å². The topological polar surface area (TPSA) is 194 Å². The van der Waals surface area contributed by atoms with E-state index in [4.69, 9.17) is 49.7 Å². The molecule has 0 radical (unpaired) electrons. The fourth-order valence-corrected chi connectivity index (χ4v) is 0. The predicted molar refractivity (Wildman–Crippen MR) is 45.3 cm³/mol. The van der Waals surface area contributed by atoms with Gasteiger partial charge in [0.2, 0.25) is 12.2 Å². The number of halogens is 2. The summed E-state index contributed by atoms with van der Waals surface area (Å²) < 4.78 is 28.7. The zero-order valence-corrected chi connectivity index (χ0v) is 9.48. The molecule has 18 heavy (non-hydrogen) atoms. The summed E-state index contributed by atoms with van der Waals surface area (Å²) in [6.07, 6.45) is 1.50. The number of rotatable bonds is 0. The Hall–Kier alpha value is -1.65. The van der Waals surface area contributed by atoms with Crippen LogP contribution in [0.5, 0.6) is 0 Å². The van der Waals surface area contributed by atoms with Crippen LogP contribution in [0.25, 0.3) is 0 Å². The molecule has 0 saturated heterocycles. The third-order valence-corrected chi connectivity index (χ3v) is 0.183. The maximum Gasteiger partial charge on any atom is 1.00 e. The molecule has 0 atom stereocenters. The zero-order chi connectivity index (χ0) is 15.1. The Labute approximate surface area is 111 Å². The molecule has 0 aromatic rings. The summed E-state index contributed by atoms with van der Waals surface area (Å²) in [6, 6.07) is 0. The van der Waals surface area contributed by atoms with Crippen LogP contribution in [0.2, 0.25) is 0 Å². The quantitative estimate of drug-likeness (QED) is 0.103. The molecular weight excluding hydrogens is 280 g/mol. The summed E-state index contributed by atoms with van der Waals surface area (Å²) in [5.74, 6) is -3.65. The van der Waals surface area contributed by atoms with Crippen LogP contribution in [0.15, 0.2) is 0 Å². The fraction of sp³-hybridized carbons (Fsp3) is 0. The van der Waals surface area contributed by atoms with Crippen molar-refractivity contribution in [3.63, 3.8) is 0 Å². The van der Waals surface area contributed by atoms with Crippen molar-refractivity contribution in [1.82, 2.24) is 0 Å². The number of hydrogen-bond donors (Lipinski definition) is 5. The Morgan fingerprint density at radius 1 is 1.06 bits per heavy atom. The van der Waals surface area contributed by atoms with Gasteiger partial charge in [-0.05, 0) is 0 Å². The molecule has 0 amide bonds. The molecule has 0 aromatic carbocycles. The first-order valence-corrected chi connectivity index (χ1v) is 4.18. The number of carbonyl (C=O) groups excluding carboxylic acids is 2. The van der Waals surface area contributed by atoms with Gasteiger partial charge in [0.1, 0.15) is 0 Å². The molecule has 0 aliphatic carbocycles. The van der Waals surface area contributed by atoms with E-state index in [1.807, 2.05) is 0 Å². The van der Waals surface area contributed by atoms with E-state index in [-0.39, 0.29) is 20.3 Å². The Bertz CT molecular complexity index is 318. The molecule has 100 valence electrons. The molecule has 0 spiro atoms. The van der Waals surface area contributed by atoms with Gasteiger partial charge in [0.05, 0.1) is 0 Å². The largest absolute Gasteiger partial charge is 1.00 e. The van der Waals surface area contributed by atoms with Gasteiger partial charge < -0.3 is 11.6 Å². The van der Waals surface area contributed by atoms with Gasteiger partial charge in [0, 0.05) is 0 Å². The van der Waals surface area contributed by atoms with Crippen LogP contribution < -0.4 is 18.9 Å². The number of aliphatic carboxylic acids is 2. The summed E-state index contributed by atoms with van der Waals surface area (Å²) in [5.41, 5.74) is 0. The SMILES string of the molecule is N=C=O.N=C=O.O=C(O)C(=O)O.O=P(O)(F)F.[H-].[Li+]. The van der Waals surface area contributed by atoms with E-state index in [2.05, 4.69) is 0 Å². The average molecular weight is 286 g/mol. The Morgan fingerprint density at radius 2 is 1.11 bits per heavy atom. The van der Waals surface area contributed by atoms with Gasteiger partial charge in [-0.15, -0.1) is 8.39 Å². The number of hydrogen-bond acceptors (Lipinski definition) is 7. The summed E-state index contributed by atoms with van der Waals surface area (Å²) >= 11 is 0. The molecule has 10 nitrogen and oxygen atoms in total. The van der Waals surface area contributed by atoms with Crippen molar-refractivity contribution in [2.75, 3.05) is 0 Å². The van der Waals surface area contributed by atoms with Gasteiger partial charge in [-0.3, -0.25) is 4.89 Å². The molecule has 0 aliphatic rings. The van der Waals surface area contributed by atoms with Crippen LogP contribution in [0.1, 0.15) is 1.43 Å². The van der Waals surface area contributed by atoms with Gasteiger partial charge in [-0.1, -0.05) is 0 Å². The maximum atomic E-state index is 10.1. The van der Waals surface area contributed by atoms with E-state index in [1.165, 1.54) is 0 Å². The molecule has 0 aromatic heterocycles. The Morgan fingerprint density at radius 3 is 1.11 bits per heavy atom. The minimum Gasteiger partial charge on any atom is -1.00 e. The maximum absolute atomic E-state index is 10.1. The number of carbonyl (C=O) groups is 2. The molecule has 0 bridgehead atoms. The second-order valence-corrected chi connectivity index (χ2v) is 2.12. The molecular formula is C4H6F2LiN2O8P. The summed E-state index contributed by atoms with van der Waals surface area (Å²) in [7, 11) is -5.64. The Kier molecular flexibility index (Phi) is 34.4. The van der Waals surface area contributed by atoms with Crippen molar-refractivity contribution in [3.8, 4) is 0 Å². The smallest absolute Gasteiger partial charge is 1.00 e. The molecule has 0 saturated carbocycles. The first kappa shape index (κ1) is 29.9. The van der Waals surface area contributed by atoms with Gasteiger partial charge in [-0.25, -0.2) is 34.6 Å². The van der Waals surface area contributed by atoms with Crippen molar-refractivity contribution in [3.05, 3.63) is 0 Å². The van der Waals surface area contributed by atoms with Gasteiger partial charge in [0.25, 0.3) is 0 Å². The molecule has 0 unspecified atom stereocenters. The fourth-order valence-electron chi connectivity index (χ4n) is 0. The molecule has 0 aliphatic heterocycles. The standard InChI is InChI=1S/C2H2O4.2CHNO.F2HO2P.Li.H/c3-1(4)2(5)6;2*2-1-3;1-5(2,3)4;;/h(H,3,4)(H,5,6);2*2H;(H,3,4);;/q;;;;+1;-1. The van der Waals surface area contributed by atoms with E-state index < -0.39 is 19.9 Å².